The second-order valence-corrected chi connectivity index (χ2v) is 8.94. The molecule has 0 aromatic carbocycles. The van der Waals surface area contributed by atoms with Crippen LogP contribution >= 0.6 is 0 Å². The van der Waals surface area contributed by atoms with E-state index in [4.69, 9.17) is 15.6 Å². The third-order valence-corrected chi connectivity index (χ3v) is 4.18. The maximum Gasteiger partial charge on any atom is 0.405 e. The van der Waals surface area contributed by atoms with Crippen molar-refractivity contribution in [2.45, 2.75) is 78.2 Å². The lowest BCUT2D eigenvalue weighted by atomic mass is 10.0. The van der Waals surface area contributed by atoms with E-state index >= 15 is 0 Å². The third kappa shape index (κ3) is 12.5. The van der Waals surface area contributed by atoms with Crippen molar-refractivity contribution >= 4 is 29.7 Å². The van der Waals surface area contributed by atoms with Crippen molar-refractivity contribution in [1.29, 1.82) is 0 Å². The first kappa shape index (κ1) is 29.9. The quantitative estimate of drug-likeness (QED) is 0.200. The van der Waals surface area contributed by atoms with Crippen LogP contribution in [-0.2, 0) is 23.9 Å². The molecule has 0 aliphatic rings. The van der Waals surface area contributed by atoms with E-state index in [0.717, 1.165) is 11.1 Å². The van der Waals surface area contributed by atoms with Crippen LogP contribution in [0.1, 0.15) is 54.4 Å². The molecule has 0 radical (unpaired) electrons. The Morgan fingerprint density at radius 1 is 1.09 bits per heavy atom. The second-order valence-electron chi connectivity index (χ2n) is 8.94. The molecular weight excluding hydrogens is 434 g/mol. The zero-order chi connectivity index (χ0) is 25.9. The van der Waals surface area contributed by atoms with E-state index in [2.05, 4.69) is 22.6 Å². The summed E-state index contributed by atoms with van der Waals surface area (Å²) >= 11 is 0. The van der Waals surface area contributed by atoms with E-state index in [1.54, 1.807) is 20.8 Å². The Kier molecular flexibility index (Phi) is 12.1. The van der Waals surface area contributed by atoms with Gasteiger partial charge in [-0.1, -0.05) is 20.4 Å². The van der Waals surface area contributed by atoms with Crippen LogP contribution in [0.25, 0.3) is 0 Å². The first-order chi connectivity index (χ1) is 15.1. The fraction of sp³-hybridized carbons (Fsp3) is 0.667. The number of nitrogens with one attached hydrogen (secondary N) is 3. The standard InChI is InChI=1S/C21H37N5O7/c1-8-16(28)26(10-9-15(22)27)25-18(29)14(11-12(2)3)23-19(30)17(24-20(31)32)13(4)33-21(5,6)7/h8,12-14,17,24H,1,9-11H2,2-7H3,(H2,22,27)(H,23,30)(H,25,29)(H,31,32)/t13-,14?,17+/m1/s1. The van der Waals surface area contributed by atoms with Gasteiger partial charge in [-0.15, -0.1) is 0 Å². The zero-order valence-electron chi connectivity index (χ0n) is 20.1. The Hall–Kier alpha value is -3.15. The monoisotopic (exact) mass is 471 g/mol. The average Bonchev–Trinajstić information content (AvgIpc) is 2.65. The predicted octanol–water partition coefficient (Wildman–Crippen LogP) is 0.278. The molecule has 188 valence electrons. The number of primary amides is 1. The number of rotatable bonds is 12. The number of carbonyl (C=O) groups excluding carboxylic acids is 4. The number of carboxylic acid groups (broad SMARTS) is 1. The number of hydrazine groups is 1. The van der Waals surface area contributed by atoms with E-state index in [9.17, 15) is 24.0 Å². The molecule has 0 spiro atoms. The van der Waals surface area contributed by atoms with Crippen molar-refractivity contribution in [3.8, 4) is 0 Å². The Morgan fingerprint density at radius 3 is 2.09 bits per heavy atom. The number of amides is 5. The summed E-state index contributed by atoms with van der Waals surface area (Å²) in [6.07, 6.45) is -1.34. The van der Waals surface area contributed by atoms with E-state index in [-0.39, 0.29) is 25.3 Å². The summed E-state index contributed by atoms with van der Waals surface area (Å²) in [6, 6.07) is -2.41. The van der Waals surface area contributed by atoms with Crippen molar-refractivity contribution in [2.75, 3.05) is 6.54 Å². The van der Waals surface area contributed by atoms with E-state index < -0.39 is 53.5 Å². The maximum absolute atomic E-state index is 12.9. The van der Waals surface area contributed by atoms with E-state index in [1.165, 1.54) is 6.92 Å². The maximum atomic E-state index is 12.9. The summed E-state index contributed by atoms with van der Waals surface area (Å²) in [5.74, 6) is -2.88. The van der Waals surface area contributed by atoms with Gasteiger partial charge in [-0.25, -0.2) is 9.80 Å². The molecule has 0 rings (SSSR count). The fourth-order valence-corrected chi connectivity index (χ4v) is 2.88. The molecule has 6 N–H and O–H groups in total. The molecule has 0 fully saturated rings. The van der Waals surface area contributed by atoms with Gasteiger partial charge >= 0.3 is 6.09 Å². The first-order valence-electron chi connectivity index (χ1n) is 10.6. The fourth-order valence-electron chi connectivity index (χ4n) is 2.88. The lowest BCUT2D eigenvalue weighted by Gasteiger charge is -2.31. The van der Waals surface area contributed by atoms with Gasteiger partial charge in [-0.2, -0.15) is 0 Å². The third-order valence-electron chi connectivity index (χ3n) is 4.18. The minimum atomic E-state index is -1.43. The lowest BCUT2D eigenvalue weighted by molar-refractivity contribution is -0.141. The van der Waals surface area contributed by atoms with Gasteiger partial charge in [0.1, 0.15) is 12.1 Å². The van der Waals surface area contributed by atoms with Gasteiger partial charge in [0, 0.05) is 6.42 Å². The highest BCUT2D eigenvalue weighted by molar-refractivity contribution is 5.93. The Morgan fingerprint density at radius 2 is 1.67 bits per heavy atom. The zero-order valence-corrected chi connectivity index (χ0v) is 20.1. The summed E-state index contributed by atoms with van der Waals surface area (Å²) in [4.78, 5) is 60.2. The van der Waals surface area contributed by atoms with Crippen LogP contribution < -0.4 is 21.8 Å². The summed E-state index contributed by atoms with van der Waals surface area (Å²) in [5, 5.41) is 14.7. The van der Waals surface area contributed by atoms with Crippen LogP contribution in [0.4, 0.5) is 4.79 Å². The molecular formula is C21H37N5O7. The van der Waals surface area contributed by atoms with Crippen molar-refractivity contribution in [1.82, 2.24) is 21.1 Å². The van der Waals surface area contributed by atoms with E-state index in [0.29, 0.717) is 0 Å². The van der Waals surface area contributed by atoms with Crippen molar-refractivity contribution in [3.63, 3.8) is 0 Å². The van der Waals surface area contributed by atoms with Crippen LogP contribution in [0, 0.1) is 5.92 Å². The summed E-state index contributed by atoms with van der Waals surface area (Å²) < 4.78 is 5.71. The number of hydrogen-bond acceptors (Lipinski definition) is 6. The highest BCUT2D eigenvalue weighted by Crippen LogP contribution is 2.14. The van der Waals surface area contributed by atoms with Crippen LogP contribution in [0.5, 0.6) is 0 Å². The minimum absolute atomic E-state index is 0.0376. The predicted molar refractivity (Wildman–Crippen MR) is 120 cm³/mol. The van der Waals surface area contributed by atoms with Gasteiger partial charge in [-0.05, 0) is 46.1 Å². The number of hydrogen-bond donors (Lipinski definition) is 5. The molecule has 0 saturated heterocycles. The second kappa shape index (κ2) is 13.4. The number of nitrogens with zero attached hydrogens (tertiary/aromatic N) is 1. The largest absolute Gasteiger partial charge is 0.465 e. The van der Waals surface area contributed by atoms with Crippen LogP contribution in [0.2, 0.25) is 0 Å². The Labute approximate surface area is 194 Å². The van der Waals surface area contributed by atoms with Gasteiger partial charge in [0.05, 0.1) is 18.2 Å². The van der Waals surface area contributed by atoms with Gasteiger partial charge in [0.25, 0.3) is 11.8 Å². The summed E-state index contributed by atoms with van der Waals surface area (Å²) in [5.41, 5.74) is 6.82. The normalized spacial score (nSPS) is 13.9. The molecule has 0 saturated carbocycles. The molecule has 0 heterocycles. The molecule has 3 atom stereocenters. The topological polar surface area (TPSA) is 180 Å². The molecule has 0 aliphatic heterocycles. The van der Waals surface area contributed by atoms with Crippen molar-refractivity contribution in [3.05, 3.63) is 12.7 Å². The highest BCUT2D eigenvalue weighted by atomic mass is 16.5. The lowest BCUT2D eigenvalue weighted by Crippen LogP contribution is -2.60. The van der Waals surface area contributed by atoms with Crippen LogP contribution in [-0.4, -0.2) is 70.2 Å². The SMILES string of the molecule is C=CC(=O)N(CCC(N)=O)NC(=O)C(CC(C)C)NC(=O)[C@@H](NC(=O)O)[C@@H](C)OC(C)(C)C. The first-order valence-corrected chi connectivity index (χ1v) is 10.6. The van der Waals surface area contributed by atoms with Crippen LogP contribution in [0.3, 0.4) is 0 Å². The van der Waals surface area contributed by atoms with Crippen LogP contribution in [0.15, 0.2) is 12.7 Å². The molecule has 0 aromatic heterocycles. The van der Waals surface area contributed by atoms with Crippen molar-refractivity contribution < 1.29 is 33.8 Å². The molecule has 1 unspecified atom stereocenters. The molecule has 12 nitrogen and oxygen atoms in total. The van der Waals surface area contributed by atoms with E-state index in [1.807, 2.05) is 13.8 Å². The number of nitrogens with two attached hydrogens (primary N) is 1. The minimum Gasteiger partial charge on any atom is -0.465 e. The Bertz CT molecular complexity index is 733. The molecule has 0 aromatic rings. The Balaban J connectivity index is 5.65. The average molecular weight is 472 g/mol. The number of ether oxygens (including phenoxy) is 1. The molecule has 0 aliphatic carbocycles. The van der Waals surface area contributed by atoms with Gasteiger partial charge in [0.15, 0.2) is 0 Å². The molecule has 12 heteroatoms. The van der Waals surface area contributed by atoms with Gasteiger partial charge in [-0.3, -0.25) is 24.6 Å². The molecule has 5 amide bonds. The van der Waals surface area contributed by atoms with Gasteiger partial charge < -0.3 is 26.2 Å². The highest BCUT2D eigenvalue weighted by Gasteiger charge is 2.34. The summed E-state index contributed by atoms with van der Waals surface area (Å²) in [7, 11) is 0. The van der Waals surface area contributed by atoms with Gasteiger partial charge in [0.2, 0.25) is 11.8 Å². The van der Waals surface area contributed by atoms with Crippen molar-refractivity contribution in [2.24, 2.45) is 11.7 Å². The molecule has 33 heavy (non-hydrogen) atoms. The smallest absolute Gasteiger partial charge is 0.405 e. The number of carbonyl (C=O) groups is 5. The summed E-state index contributed by atoms with van der Waals surface area (Å²) in [6.45, 7) is 13.6. The molecule has 0 bridgehead atoms.